The van der Waals surface area contributed by atoms with Crippen molar-refractivity contribution in [2.75, 3.05) is 7.05 Å². The first-order valence-corrected chi connectivity index (χ1v) is 7.43. The summed E-state index contributed by atoms with van der Waals surface area (Å²) in [5.41, 5.74) is 7.54. The number of benzene rings is 1. The lowest BCUT2D eigenvalue weighted by Gasteiger charge is -2.19. The molecule has 0 spiro atoms. The van der Waals surface area contributed by atoms with E-state index >= 15 is 0 Å². The number of aromatic nitrogens is 3. The van der Waals surface area contributed by atoms with Gasteiger partial charge in [0.15, 0.2) is 0 Å². The summed E-state index contributed by atoms with van der Waals surface area (Å²) in [5.74, 6) is 0.554. The highest BCUT2D eigenvalue weighted by Gasteiger charge is 2.21. The molecular weight excluding hydrogens is 306 g/mol. The molecule has 7 heteroatoms. The highest BCUT2D eigenvalue weighted by molar-refractivity contribution is 5.82. The molecule has 1 amide bonds. The zero-order valence-corrected chi connectivity index (χ0v) is 13.2. The van der Waals surface area contributed by atoms with Gasteiger partial charge in [0.1, 0.15) is 6.04 Å². The largest absolute Gasteiger partial charge is 0.337 e. The molecule has 0 saturated carbocycles. The first-order chi connectivity index (χ1) is 11.6. The molecule has 1 atom stereocenters. The third kappa shape index (κ3) is 3.47. The predicted molar refractivity (Wildman–Crippen MR) is 87.4 cm³/mol. The molecular formula is C17H17N5O2. The molecule has 1 aromatic carbocycles. The van der Waals surface area contributed by atoms with Gasteiger partial charge in [-0.2, -0.15) is 4.98 Å². The molecule has 0 saturated heterocycles. The summed E-state index contributed by atoms with van der Waals surface area (Å²) in [4.78, 5) is 22.2. The second kappa shape index (κ2) is 7.01. The lowest BCUT2D eigenvalue weighted by atomic mass is 10.1. The van der Waals surface area contributed by atoms with Crippen LogP contribution < -0.4 is 5.73 Å². The van der Waals surface area contributed by atoms with Crippen molar-refractivity contribution in [2.45, 2.75) is 12.6 Å². The number of amides is 1. The Hall–Kier alpha value is -3.06. The van der Waals surface area contributed by atoms with Crippen molar-refractivity contribution >= 4 is 5.91 Å². The molecule has 3 rings (SSSR count). The van der Waals surface area contributed by atoms with Gasteiger partial charge in [-0.1, -0.05) is 35.5 Å². The maximum atomic E-state index is 12.4. The zero-order valence-electron chi connectivity index (χ0n) is 13.2. The molecule has 122 valence electrons. The minimum atomic E-state index is -0.725. The average molecular weight is 323 g/mol. The summed E-state index contributed by atoms with van der Waals surface area (Å²) in [6.07, 6.45) is 3.32. The molecule has 2 heterocycles. The van der Waals surface area contributed by atoms with E-state index in [0.717, 1.165) is 11.1 Å². The molecule has 2 N–H and O–H groups in total. The fraction of sp³-hybridized carbons (Fsp3) is 0.176. The van der Waals surface area contributed by atoms with Gasteiger partial charge in [0.25, 0.3) is 0 Å². The Bertz CT molecular complexity index is 804. The Kier molecular flexibility index (Phi) is 4.62. The van der Waals surface area contributed by atoms with Crippen LogP contribution in [0.1, 0.15) is 17.5 Å². The van der Waals surface area contributed by atoms with Crippen molar-refractivity contribution in [1.29, 1.82) is 0 Å². The number of carbonyl (C=O) groups is 1. The molecule has 0 aliphatic heterocycles. The van der Waals surface area contributed by atoms with Gasteiger partial charge in [0.2, 0.25) is 17.6 Å². The van der Waals surface area contributed by atoms with Crippen molar-refractivity contribution in [3.8, 4) is 11.4 Å². The van der Waals surface area contributed by atoms with Crippen molar-refractivity contribution in [1.82, 2.24) is 20.0 Å². The highest BCUT2D eigenvalue weighted by atomic mass is 16.5. The van der Waals surface area contributed by atoms with E-state index in [4.69, 9.17) is 10.3 Å². The second-order valence-corrected chi connectivity index (χ2v) is 5.34. The molecule has 0 aliphatic rings. The molecule has 7 nitrogen and oxygen atoms in total. The predicted octanol–water partition coefficient (Wildman–Crippen LogP) is 1.79. The Labute approximate surface area is 139 Å². The van der Waals surface area contributed by atoms with Crippen molar-refractivity contribution < 1.29 is 9.32 Å². The number of rotatable bonds is 5. The van der Waals surface area contributed by atoms with Gasteiger partial charge in [-0.15, -0.1) is 0 Å². The van der Waals surface area contributed by atoms with Crippen LogP contribution in [0.2, 0.25) is 0 Å². The Morgan fingerprint density at radius 3 is 2.75 bits per heavy atom. The normalized spacial score (nSPS) is 11.9. The van der Waals surface area contributed by atoms with Gasteiger partial charge in [0, 0.05) is 25.0 Å². The van der Waals surface area contributed by atoms with E-state index in [1.165, 1.54) is 4.90 Å². The zero-order chi connectivity index (χ0) is 16.9. The molecule has 2 aromatic heterocycles. The van der Waals surface area contributed by atoms with Crippen LogP contribution in [-0.4, -0.2) is 33.0 Å². The Morgan fingerprint density at radius 2 is 2.04 bits per heavy atom. The van der Waals surface area contributed by atoms with Crippen LogP contribution in [0.4, 0.5) is 0 Å². The van der Waals surface area contributed by atoms with Crippen LogP contribution >= 0.6 is 0 Å². The Balaban J connectivity index is 1.68. The van der Waals surface area contributed by atoms with Crippen LogP contribution in [0.5, 0.6) is 0 Å². The number of hydrogen-bond donors (Lipinski definition) is 1. The van der Waals surface area contributed by atoms with Crippen molar-refractivity contribution in [2.24, 2.45) is 5.73 Å². The van der Waals surface area contributed by atoms with Crippen LogP contribution in [0.3, 0.4) is 0 Å². The van der Waals surface area contributed by atoms with Gasteiger partial charge < -0.3 is 15.2 Å². The number of nitrogens with two attached hydrogens (primary N) is 1. The molecule has 3 aromatic rings. The lowest BCUT2D eigenvalue weighted by Crippen LogP contribution is -2.35. The number of hydrogen-bond acceptors (Lipinski definition) is 6. The quantitative estimate of drug-likeness (QED) is 0.768. The van der Waals surface area contributed by atoms with Gasteiger partial charge in [-0.25, -0.2) is 0 Å². The monoisotopic (exact) mass is 323 g/mol. The number of pyridine rings is 1. The van der Waals surface area contributed by atoms with E-state index in [2.05, 4.69) is 15.1 Å². The molecule has 0 unspecified atom stereocenters. The first-order valence-electron chi connectivity index (χ1n) is 7.43. The summed E-state index contributed by atoms with van der Waals surface area (Å²) in [5, 5.41) is 3.91. The maximum absolute atomic E-state index is 12.4. The summed E-state index contributed by atoms with van der Waals surface area (Å²) >= 11 is 0. The SMILES string of the molecule is CN(Cc1nc(-c2cccnc2)no1)C(=O)[C@H](N)c1ccccc1. The van der Waals surface area contributed by atoms with Gasteiger partial charge in [-0.05, 0) is 17.7 Å². The van der Waals surface area contributed by atoms with Crippen molar-refractivity contribution in [3.63, 3.8) is 0 Å². The van der Waals surface area contributed by atoms with Crippen LogP contribution in [-0.2, 0) is 11.3 Å². The third-order valence-corrected chi connectivity index (χ3v) is 3.56. The molecule has 0 fully saturated rings. The maximum Gasteiger partial charge on any atom is 0.246 e. The topological polar surface area (TPSA) is 98.1 Å². The number of carbonyl (C=O) groups excluding carboxylic acids is 1. The summed E-state index contributed by atoms with van der Waals surface area (Å²) in [6.45, 7) is 0.187. The van der Waals surface area contributed by atoms with Crippen molar-refractivity contribution in [3.05, 3.63) is 66.3 Å². The van der Waals surface area contributed by atoms with Gasteiger partial charge >= 0.3 is 0 Å². The molecule has 0 bridgehead atoms. The fourth-order valence-corrected chi connectivity index (χ4v) is 2.25. The summed E-state index contributed by atoms with van der Waals surface area (Å²) in [7, 11) is 1.65. The van der Waals surface area contributed by atoms with E-state index in [-0.39, 0.29) is 12.5 Å². The van der Waals surface area contributed by atoms with Crippen LogP contribution in [0.25, 0.3) is 11.4 Å². The standard InChI is InChI=1S/C17H17N5O2/c1-22(17(23)15(18)12-6-3-2-4-7-12)11-14-20-16(21-24-14)13-8-5-9-19-10-13/h2-10,15H,11,18H2,1H3/t15-/m1/s1. The summed E-state index contributed by atoms with van der Waals surface area (Å²) in [6, 6.07) is 12.1. The third-order valence-electron chi connectivity index (χ3n) is 3.56. The van der Waals surface area contributed by atoms with Crippen LogP contribution in [0.15, 0.2) is 59.4 Å². The second-order valence-electron chi connectivity index (χ2n) is 5.34. The Morgan fingerprint density at radius 1 is 1.25 bits per heavy atom. The van der Waals surface area contributed by atoms with Gasteiger partial charge in [0.05, 0.1) is 6.54 Å². The van der Waals surface area contributed by atoms with Crippen LogP contribution in [0, 0.1) is 0 Å². The molecule has 0 radical (unpaired) electrons. The first kappa shape index (κ1) is 15.8. The summed E-state index contributed by atoms with van der Waals surface area (Å²) < 4.78 is 5.20. The van der Waals surface area contributed by atoms with E-state index in [1.54, 1.807) is 25.5 Å². The lowest BCUT2D eigenvalue weighted by molar-refractivity contribution is -0.132. The average Bonchev–Trinajstić information content (AvgIpc) is 3.10. The highest BCUT2D eigenvalue weighted by Crippen LogP contribution is 2.16. The number of likely N-dealkylation sites (N-methyl/N-ethyl adjacent to an activating group) is 1. The molecule has 24 heavy (non-hydrogen) atoms. The van der Waals surface area contributed by atoms with Gasteiger partial charge in [-0.3, -0.25) is 9.78 Å². The minimum Gasteiger partial charge on any atom is -0.337 e. The molecule has 0 aliphatic carbocycles. The van der Waals surface area contributed by atoms with E-state index in [0.29, 0.717) is 11.7 Å². The fourth-order valence-electron chi connectivity index (χ4n) is 2.25. The van der Waals surface area contributed by atoms with E-state index in [1.807, 2.05) is 36.4 Å². The van der Waals surface area contributed by atoms with E-state index in [9.17, 15) is 4.79 Å². The smallest absolute Gasteiger partial charge is 0.246 e. The number of nitrogens with zero attached hydrogens (tertiary/aromatic N) is 4. The van der Waals surface area contributed by atoms with E-state index < -0.39 is 6.04 Å². The minimum absolute atomic E-state index is 0.187.